The molecular formula is C20H27N5O3S. The fraction of sp³-hybridized carbons (Fsp3) is 0.500. The predicted molar refractivity (Wildman–Crippen MR) is 114 cm³/mol. The molecule has 0 fully saturated rings. The van der Waals surface area contributed by atoms with Crippen molar-refractivity contribution >= 4 is 29.3 Å². The van der Waals surface area contributed by atoms with Crippen molar-refractivity contribution in [3.8, 4) is 0 Å². The molecule has 2 heterocycles. The smallest absolute Gasteiger partial charge is 0.345 e. The Balaban J connectivity index is 1.30. The van der Waals surface area contributed by atoms with Gasteiger partial charge in [0, 0.05) is 31.7 Å². The first-order valence-corrected chi connectivity index (χ1v) is 11.1. The van der Waals surface area contributed by atoms with Gasteiger partial charge in [0.25, 0.3) is 0 Å². The first-order valence-electron chi connectivity index (χ1n) is 9.90. The molecule has 0 radical (unpaired) electrons. The molecule has 1 aliphatic heterocycles. The van der Waals surface area contributed by atoms with Crippen LogP contribution in [0.1, 0.15) is 30.7 Å². The number of aromatic nitrogens is 3. The van der Waals surface area contributed by atoms with E-state index in [1.807, 2.05) is 31.2 Å². The van der Waals surface area contributed by atoms with Crippen LogP contribution in [0.5, 0.6) is 0 Å². The average molecular weight is 418 g/mol. The minimum absolute atomic E-state index is 0.0544. The molecule has 1 aromatic heterocycles. The second-order valence-corrected chi connectivity index (χ2v) is 8.13. The zero-order valence-electron chi connectivity index (χ0n) is 16.6. The van der Waals surface area contributed by atoms with Crippen LogP contribution < -0.4 is 16.3 Å². The maximum atomic E-state index is 12.2. The number of hydrogen-bond donors (Lipinski definition) is 2. The van der Waals surface area contributed by atoms with Gasteiger partial charge in [-0.15, -0.1) is 11.8 Å². The maximum absolute atomic E-state index is 12.2. The maximum Gasteiger partial charge on any atom is 0.345 e. The topological polar surface area (TPSA) is 98.0 Å². The van der Waals surface area contributed by atoms with Crippen LogP contribution in [0.4, 0.5) is 5.69 Å². The Kier molecular flexibility index (Phi) is 7.51. The number of aryl methyl sites for hydroxylation is 3. The molecule has 0 atom stereocenters. The summed E-state index contributed by atoms with van der Waals surface area (Å²) < 4.78 is 3.25. The van der Waals surface area contributed by atoms with Gasteiger partial charge in [0.15, 0.2) is 0 Å². The highest BCUT2D eigenvalue weighted by Gasteiger charge is 2.16. The van der Waals surface area contributed by atoms with Crippen molar-refractivity contribution in [1.29, 1.82) is 0 Å². The van der Waals surface area contributed by atoms with Crippen LogP contribution >= 0.6 is 11.8 Å². The van der Waals surface area contributed by atoms with E-state index in [-0.39, 0.29) is 29.0 Å². The molecule has 0 unspecified atom stereocenters. The number of benzene rings is 1. The lowest BCUT2D eigenvalue weighted by Gasteiger charge is -2.09. The quantitative estimate of drug-likeness (QED) is 0.604. The highest BCUT2D eigenvalue weighted by molar-refractivity contribution is 8.00. The molecule has 0 aliphatic carbocycles. The second kappa shape index (κ2) is 10.3. The summed E-state index contributed by atoms with van der Waals surface area (Å²) in [6, 6.07) is 7.59. The number of thioether (sulfide) groups is 1. The summed E-state index contributed by atoms with van der Waals surface area (Å²) in [5.74, 6) is 1.06. The molecule has 0 saturated carbocycles. The fourth-order valence-corrected chi connectivity index (χ4v) is 3.91. The molecule has 156 valence electrons. The average Bonchev–Trinajstić information content (AvgIpc) is 3.01. The van der Waals surface area contributed by atoms with Gasteiger partial charge < -0.3 is 10.6 Å². The van der Waals surface area contributed by atoms with Crippen LogP contribution in [0.25, 0.3) is 0 Å². The normalized spacial score (nSPS) is 13.0. The largest absolute Gasteiger partial charge is 0.355 e. The molecule has 2 N–H and O–H groups in total. The van der Waals surface area contributed by atoms with Crippen LogP contribution in [0, 0.1) is 6.92 Å². The van der Waals surface area contributed by atoms with E-state index < -0.39 is 0 Å². The number of carbonyl (C=O) groups is 2. The van der Waals surface area contributed by atoms with E-state index in [9.17, 15) is 14.4 Å². The van der Waals surface area contributed by atoms with E-state index in [4.69, 9.17) is 0 Å². The van der Waals surface area contributed by atoms with E-state index in [0.29, 0.717) is 19.5 Å². The molecule has 3 rings (SSSR count). The first-order chi connectivity index (χ1) is 14.0. The van der Waals surface area contributed by atoms with Crippen molar-refractivity contribution in [3.05, 3.63) is 46.1 Å². The Morgan fingerprint density at radius 2 is 2.03 bits per heavy atom. The van der Waals surface area contributed by atoms with Gasteiger partial charge >= 0.3 is 5.69 Å². The van der Waals surface area contributed by atoms with Gasteiger partial charge in [-0.1, -0.05) is 12.1 Å². The molecule has 29 heavy (non-hydrogen) atoms. The van der Waals surface area contributed by atoms with Crippen LogP contribution in [0.3, 0.4) is 0 Å². The lowest BCUT2D eigenvalue weighted by molar-refractivity contribution is -0.118. The highest BCUT2D eigenvalue weighted by Crippen LogP contribution is 2.11. The first kappa shape index (κ1) is 21.2. The van der Waals surface area contributed by atoms with Gasteiger partial charge in [0.05, 0.1) is 11.5 Å². The van der Waals surface area contributed by atoms with Crippen molar-refractivity contribution < 1.29 is 9.59 Å². The Morgan fingerprint density at radius 1 is 1.21 bits per heavy atom. The van der Waals surface area contributed by atoms with Crippen molar-refractivity contribution in [1.82, 2.24) is 19.7 Å². The van der Waals surface area contributed by atoms with Crippen molar-refractivity contribution in [2.24, 2.45) is 0 Å². The van der Waals surface area contributed by atoms with E-state index in [1.54, 1.807) is 4.57 Å². The van der Waals surface area contributed by atoms with Crippen LogP contribution in [0.15, 0.2) is 29.1 Å². The summed E-state index contributed by atoms with van der Waals surface area (Å²) in [6.07, 6.45) is 3.59. The Bertz CT molecular complexity index is 921. The van der Waals surface area contributed by atoms with E-state index in [1.165, 1.54) is 16.4 Å². The number of rotatable bonds is 9. The molecule has 2 aromatic rings. The lowest BCUT2D eigenvalue weighted by Crippen LogP contribution is -2.30. The third kappa shape index (κ3) is 6.22. The Hall–Kier alpha value is -2.55. The molecule has 0 bridgehead atoms. The van der Waals surface area contributed by atoms with Crippen molar-refractivity contribution in [2.75, 3.05) is 23.4 Å². The second-order valence-electron chi connectivity index (χ2n) is 7.14. The Morgan fingerprint density at radius 3 is 2.83 bits per heavy atom. The van der Waals surface area contributed by atoms with Gasteiger partial charge in [-0.2, -0.15) is 5.10 Å². The molecule has 1 aromatic carbocycles. The monoisotopic (exact) mass is 417 g/mol. The molecule has 2 amide bonds. The van der Waals surface area contributed by atoms with E-state index in [0.717, 1.165) is 42.9 Å². The zero-order valence-corrected chi connectivity index (χ0v) is 17.5. The summed E-state index contributed by atoms with van der Waals surface area (Å²) in [5.41, 5.74) is 1.78. The van der Waals surface area contributed by atoms with Gasteiger partial charge in [-0.3, -0.25) is 14.2 Å². The number of nitrogens with one attached hydrogen (secondary N) is 2. The number of carbonyl (C=O) groups excluding carboxylic acids is 2. The van der Waals surface area contributed by atoms with Gasteiger partial charge in [-0.25, -0.2) is 9.48 Å². The van der Waals surface area contributed by atoms with Gasteiger partial charge in [0.1, 0.15) is 5.82 Å². The summed E-state index contributed by atoms with van der Waals surface area (Å²) in [4.78, 5) is 36.1. The number of nitrogens with zero attached hydrogens (tertiary/aromatic N) is 3. The molecule has 0 spiro atoms. The molecule has 9 heteroatoms. The summed E-state index contributed by atoms with van der Waals surface area (Å²) >= 11 is 1.27. The minimum Gasteiger partial charge on any atom is -0.355 e. The van der Waals surface area contributed by atoms with Crippen molar-refractivity contribution in [3.63, 3.8) is 0 Å². The van der Waals surface area contributed by atoms with Crippen LogP contribution in [-0.4, -0.2) is 44.2 Å². The lowest BCUT2D eigenvalue weighted by atomic mass is 10.2. The standard InChI is InChI=1S/C20H27N5O3S/c1-15-6-4-7-16(12-15)22-19(27)14-29-13-18(26)21-9-5-11-25-20(28)24-10-3-2-8-17(24)23-25/h4,6-7,12H,2-3,5,8-11,13-14H2,1H3,(H,21,26)(H,22,27). The minimum atomic E-state index is -0.128. The van der Waals surface area contributed by atoms with E-state index >= 15 is 0 Å². The van der Waals surface area contributed by atoms with E-state index in [2.05, 4.69) is 15.7 Å². The third-order valence-electron chi connectivity index (χ3n) is 4.67. The highest BCUT2D eigenvalue weighted by atomic mass is 32.2. The fourth-order valence-electron chi connectivity index (χ4n) is 3.26. The number of fused-ring (bicyclic) bond motifs is 1. The molecule has 8 nitrogen and oxygen atoms in total. The molecule has 1 aliphatic rings. The molecule has 0 saturated heterocycles. The van der Waals surface area contributed by atoms with Gasteiger partial charge in [-0.05, 0) is 43.9 Å². The van der Waals surface area contributed by atoms with Crippen LogP contribution in [-0.2, 0) is 29.1 Å². The number of hydrogen-bond acceptors (Lipinski definition) is 5. The van der Waals surface area contributed by atoms with Crippen LogP contribution in [0.2, 0.25) is 0 Å². The summed E-state index contributed by atoms with van der Waals surface area (Å²) in [6.45, 7) is 3.68. The third-order valence-corrected chi connectivity index (χ3v) is 5.60. The predicted octanol–water partition coefficient (Wildman–Crippen LogP) is 1.57. The zero-order chi connectivity index (χ0) is 20.6. The Labute approximate surface area is 174 Å². The van der Waals surface area contributed by atoms with Crippen molar-refractivity contribution in [2.45, 2.75) is 45.7 Å². The number of amides is 2. The SMILES string of the molecule is Cc1cccc(NC(=O)CSCC(=O)NCCCn2nc3n(c2=O)CCCC3)c1. The summed E-state index contributed by atoms with van der Waals surface area (Å²) in [5, 5.41) is 10.0. The van der Waals surface area contributed by atoms with Gasteiger partial charge in [0.2, 0.25) is 11.8 Å². The number of anilines is 1. The summed E-state index contributed by atoms with van der Waals surface area (Å²) in [7, 11) is 0. The molecular weight excluding hydrogens is 390 g/mol.